The summed E-state index contributed by atoms with van der Waals surface area (Å²) in [6.07, 6.45) is 7.15. The van der Waals surface area contributed by atoms with E-state index in [2.05, 4.69) is 24.2 Å². The molecule has 1 N–H and O–H groups in total. The van der Waals surface area contributed by atoms with E-state index in [9.17, 15) is 0 Å². The van der Waals surface area contributed by atoms with E-state index in [4.69, 9.17) is 0 Å². The van der Waals surface area contributed by atoms with Crippen molar-refractivity contribution in [2.45, 2.75) is 51.1 Å². The second kappa shape index (κ2) is 4.63. The standard InChI is InChI=1S/C12H24N2/c1-10-8-14(2)9-12(10)13-11-6-4-3-5-7-11/h10-13H,3-9H2,1-2H3. The molecule has 0 aromatic carbocycles. The fourth-order valence-electron chi connectivity index (χ4n) is 3.00. The lowest BCUT2D eigenvalue weighted by atomic mass is 9.94. The van der Waals surface area contributed by atoms with Gasteiger partial charge in [-0.2, -0.15) is 0 Å². The molecule has 2 heteroatoms. The van der Waals surface area contributed by atoms with E-state index in [1.807, 2.05) is 0 Å². The first-order valence-electron chi connectivity index (χ1n) is 6.20. The summed E-state index contributed by atoms with van der Waals surface area (Å²) >= 11 is 0. The normalized spacial score (nSPS) is 36.4. The zero-order valence-electron chi connectivity index (χ0n) is 9.63. The van der Waals surface area contributed by atoms with Crippen LogP contribution in [0.3, 0.4) is 0 Å². The smallest absolute Gasteiger partial charge is 0.0235 e. The molecule has 2 unspecified atom stereocenters. The molecule has 2 fully saturated rings. The van der Waals surface area contributed by atoms with Crippen LogP contribution in [0.1, 0.15) is 39.0 Å². The molecule has 0 amide bonds. The summed E-state index contributed by atoms with van der Waals surface area (Å²) in [5, 5.41) is 3.86. The zero-order valence-corrected chi connectivity index (χ0v) is 9.63. The SMILES string of the molecule is CC1CN(C)CC1NC1CCCCC1. The van der Waals surface area contributed by atoms with Crippen LogP contribution in [0.4, 0.5) is 0 Å². The van der Waals surface area contributed by atoms with Gasteiger partial charge >= 0.3 is 0 Å². The molecule has 1 saturated carbocycles. The zero-order chi connectivity index (χ0) is 9.97. The molecule has 2 nitrogen and oxygen atoms in total. The number of likely N-dealkylation sites (tertiary alicyclic amines) is 1. The minimum absolute atomic E-state index is 0.753. The van der Waals surface area contributed by atoms with Gasteiger partial charge < -0.3 is 10.2 Å². The van der Waals surface area contributed by atoms with Crippen molar-refractivity contribution >= 4 is 0 Å². The maximum Gasteiger partial charge on any atom is 0.0235 e. The Morgan fingerprint density at radius 2 is 1.79 bits per heavy atom. The number of nitrogens with one attached hydrogen (secondary N) is 1. The second-order valence-electron chi connectivity index (χ2n) is 5.31. The van der Waals surface area contributed by atoms with Gasteiger partial charge in [-0.15, -0.1) is 0 Å². The molecular weight excluding hydrogens is 172 g/mol. The van der Waals surface area contributed by atoms with E-state index in [1.54, 1.807) is 0 Å². The van der Waals surface area contributed by atoms with Crippen LogP contribution in [0, 0.1) is 5.92 Å². The van der Waals surface area contributed by atoms with Crippen LogP contribution in [-0.4, -0.2) is 37.1 Å². The third kappa shape index (κ3) is 2.48. The van der Waals surface area contributed by atoms with E-state index in [0.29, 0.717) is 0 Å². The van der Waals surface area contributed by atoms with Crippen molar-refractivity contribution in [1.29, 1.82) is 0 Å². The molecule has 0 spiro atoms. The number of rotatable bonds is 2. The van der Waals surface area contributed by atoms with Gasteiger partial charge in [-0.25, -0.2) is 0 Å². The highest BCUT2D eigenvalue weighted by atomic mass is 15.2. The Morgan fingerprint density at radius 1 is 1.07 bits per heavy atom. The van der Waals surface area contributed by atoms with E-state index in [-0.39, 0.29) is 0 Å². The monoisotopic (exact) mass is 196 g/mol. The highest BCUT2D eigenvalue weighted by molar-refractivity contribution is 4.88. The van der Waals surface area contributed by atoms with Crippen molar-refractivity contribution < 1.29 is 0 Å². The molecule has 0 radical (unpaired) electrons. The van der Waals surface area contributed by atoms with Crippen molar-refractivity contribution in [2.24, 2.45) is 5.92 Å². The summed E-state index contributed by atoms with van der Waals surface area (Å²) in [5.41, 5.74) is 0. The minimum atomic E-state index is 0.753. The van der Waals surface area contributed by atoms with Gasteiger partial charge in [0, 0.05) is 25.2 Å². The third-order valence-electron chi connectivity index (χ3n) is 3.85. The molecule has 14 heavy (non-hydrogen) atoms. The van der Waals surface area contributed by atoms with Crippen LogP contribution in [0.25, 0.3) is 0 Å². The van der Waals surface area contributed by atoms with Crippen molar-refractivity contribution in [3.05, 3.63) is 0 Å². The van der Waals surface area contributed by atoms with Gasteiger partial charge in [0.25, 0.3) is 0 Å². The number of nitrogens with zero attached hydrogens (tertiary/aromatic N) is 1. The van der Waals surface area contributed by atoms with Crippen molar-refractivity contribution in [1.82, 2.24) is 10.2 Å². The highest BCUT2D eigenvalue weighted by Gasteiger charge is 2.29. The lowest BCUT2D eigenvalue weighted by molar-refractivity contribution is 0.314. The van der Waals surface area contributed by atoms with Gasteiger partial charge in [-0.1, -0.05) is 26.2 Å². The molecule has 0 aromatic rings. The molecule has 0 bridgehead atoms. The fraction of sp³-hybridized carbons (Fsp3) is 1.00. The highest BCUT2D eigenvalue weighted by Crippen LogP contribution is 2.21. The summed E-state index contributed by atoms with van der Waals surface area (Å²) in [4.78, 5) is 2.45. The van der Waals surface area contributed by atoms with E-state index < -0.39 is 0 Å². The Kier molecular flexibility index (Phi) is 3.45. The molecule has 82 valence electrons. The Balaban J connectivity index is 1.78. The number of likely N-dealkylation sites (N-methyl/N-ethyl adjacent to an activating group) is 1. The molecular formula is C12H24N2. The molecule has 2 atom stereocenters. The Hall–Kier alpha value is -0.0800. The summed E-state index contributed by atoms with van der Waals surface area (Å²) in [7, 11) is 2.24. The number of hydrogen-bond acceptors (Lipinski definition) is 2. The minimum Gasteiger partial charge on any atom is -0.310 e. The lowest BCUT2D eigenvalue weighted by Gasteiger charge is -2.28. The molecule has 1 aliphatic heterocycles. The average Bonchev–Trinajstić information content (AvgIpc) is 2.47. The molecule has 2 aliphatic rings. The first kappa shape index (κ1) is 10.4. The van der Waals surface area contributed by atoms with Crippen LogP contribution >= 0.6 is 0 Å². The van der Waals surface area contributed by atoms with Gasteiger partial charge in [-0.3, -0.25) is 0 Å². The van der Waals surface area contributed by atoms with E-state index >= 15 is 0 Å². The Bertz CT molecular complexity index is 175. The Labute approximate surface area is 88.1 Å². The van der Waals surface area contributed by atoms with Gasteiger partial charge in [-0.05, 0) is 25.8 Å². The Morgan fingerprint density at radius 3 is 2.36 bits per heavy atom. The van der Waals surface area contributed by atoms with Gasteiger partial charge in [0.15, 0.2) is 0 Å². The maximum absolute atomic E-state index is 3.86. The average molecular weight is 196 g/mol. The van der Waals surface area contributed by atoms with Gasteiger partial charge in [0.05, 0.1) is 0 Å². The molecule has 1 aliphatic carbocycles. The summed E-state index contributed by atoms with van der Waals surface area (Å²) in [6, 6.07) is 1.57. The van der Waals surface area contributed by atoms with Crippen LogP contribution in [0.15, 0.2) is 0 Å². The topological polar surface area (TPSA) is 15.3 Å². The van der Waals surface area contributed by atoms with Crippen molar-refractivity contribution in [3.63, 3.8) is 0 Å². The van der Waals surface area contributed by atoms with Crippen LogP contribution < -0.4 is 5.32 Å². The first-order valence-corrected chi connectivity index (χ1v) is 6.20. The van der Waals surface area contributed by atoms with Crippen molar-refractivity contribution in [2.75, 3.05) is 20.1 Å². The molecule has 1 saturated heterocycles. The van der Waals surface area contributed by atoms with Crippen LogP contribution in [0.2, 0.25) is 0 Å². The van der Waals surface area contributed by atoms with Gasteiger partial charge in [0.2, 0.25) is 0 Å². The molecule has 0 aromatic heterocycles. The second-order valence-corrected chi connectivity index (χ2v) is 5.31. The summed E-state index contributed by atoms with van der Waals surface area (Å²) in [6.45, 7) is 4.89. The van der Waals surface area contributed by atoms with Crippen LogP contribution in [-0.2, 0) is 0 Å². The largest absolute Gasteiger partial charge is 0.310 e. The van der Waals surface area contributed by atoms with E-state index in [0.717, 1.165) is 18.0 Å². The van der Waals surface area contributed by atoms with E-state index in [1.165, 1.54) is 45.2 Å². The predicted octanol–water partition coefficient (Wildman–Crippen LogP) is 1.86. The van der Waals surface area contributed by atoms with Crippen molar-refractivity contribution in [3.8, 4) is 0 Å². The predicted molar refractivity (Wildman–Crippen MR) is 60.5 cm³/mol. The maximum atomic E-state index is 3.86. The molecule has 1 heterocycles. The molecule has 2 rings (SSSR count). The third-order valence-corrected chi connectivity index (χ3v) is 3.85. The number of hydrogen-bond donors (Lipinski definition) is 1. The van der Waals surface area contributed by atoms with Gasteiger partial charge in [0.1, 0.15) is 0 Å². The van der Waals surface area contributed by atoms with Crippen LogP contribution in [0.5, 0.6) is 0 Å². The lowest BCUT2D eigenvalue weighted by Crippen LogP contribution is -2.43. The first-order chi connectivity index (χ1) is 6.75. The quantitative estimate of drug-likeness (QED) is 0.725. The summed E-state index contributed by atoms with van der Waals surface area (Å²) < 4.78 is 0. The fourth-order valence-corrected chi connectivity index (χ4v) is 3.00. The summed E-state index contributed by atoms with van der Waals surface area (Å²) in [5.74, 6) is 0.835.